The fourth-order valence-corrected chi connectivity index (χ4v) is 3.42. The van der Waals surface area contributed by atoms with Crippen molar-refractivity contribution in [1.29, 1.82) is 0 Å². The van der Waals surface area contributed by atoms with Crippen LogP contribution in [0.5, 0.6) is 23.0 Å². The molecular weight excluding hydrogens is 456 g/mol. The fourth-order valence-electron chi connectivity index (χ4n) is 3.12. The summed E-state index contributed by atoms with van der Waals surface area (Å²) >= 11 is 6.63. The minimum Gasteiger partial charge on any atom is -0.497 e. The molecule has 0 saturated heterocycles. The van der Waals surface area contributed by atoms with E-state index in [1.807, 2.05) is 48.5 Å². The van der Waals surface area contributed by atoms with Gasteiger partial charge in [-0.15, -0.1) is 0 Å². The Morgan fingerprint density at radius 1 is 0.853 bits per heavy atom. The van der Waals surface area contributed by atoms with E-state index in [-0.39, 0.29) is 17.5 Å². The SMILES string of the molecule is COc1ccc(COc2ccc(C(=O)NCCCN)c(Cl)c2OCc2ccc(OC)cc2)cc1. The second-order valence-electron chi connectivity index (χ2n) is 7.43. The molecule has 0 atom stereocenters. The normalized spacial score (nSPS) is 10.5. The number of halogens is 1. The smallest absolute Gasteiger partial charge is 0.252 e. The van der Waals surface area contributed by atoms with Gasteiger partial charge in [0.2, 0.25) is 0 Å². The number of hydrogen-bond acceptors (Lipinski definition) is 6. The third-order valence-corrected chi connectivity index (χ3v) is 5.44. The predicted molar refractivity (Wildman–Crippen MR) is 132 cm³/mol. The molecule has 1 amide bonds. The van der Waals surface area contributed by atoms with Gasteiger partial charge in [0.25, 0.3) is 5.91 Å². The molecule has 0 aromatic heterocycles. The third kappa shape index (κ3) is 6.79. The molecule has 0 fully saturated rings. The molecule has 0 aliphatic rings. The van der Waals surface area contributed by atoms with Crippen molar-refractivity contribution in [3.05, 3.63) is 82.4 Å². The fraction of sp³-hybridized carbons (Fsp3) is 0.269. The van der Waals surface area contributed by atoms with Crippen molar-refractivity contribution >= 4 is 17.5 Å². The number of nitrogens with two attached hydrogens (primary N) is 1. The lowest BCUT2D eigenvalue weighted by atomic mass is 10.1. The number of hydrogen-bond donors (Lipinski definition) is 2. The zero-order chi connectivity index (χ0) is 24.3. The van der Waals surface area contributed by atoms with E-state index < -0.39 is 0 Å². The third-order valence-electron chi connectivity index (χ3n) is 5.07. The summed E-state index contributed by atoms with van der Waals surface area (Å²) in [5.41, 5.74) is 7.67. The van der Waals surface area contributed by atoms with Gasteiger partial charge >= 0.3 is 0 Å². The summed E-state index contributed by atoms with van der Waals surface area (Å²) in [6.07, 6.45) is 0.674. The van der Waals surface area contributed by atoms with Gasteiger partial charge in [0.15, 0.2) is 11.5 Å². The van der Waals surface area contributed by atoms with Gasteiger partial charge in [0.05, 0.1) is 24.8 Å². The van der Waals surface area contributed by atoms with Crippen molar-refractivity contribution in [2.45, 2.75) is 19.6 Å². The molecule has 3 aromatic carbocycles. The predicted octanol–water partition coefficient (Wildman–Crippen LogP) is 4.59. The zero-order valence-electron chi connectivity index (χ0n) is 19.3. The highest BCUT2D eigenvalue weighted by molar-refractivity contribution is 6.35. The lowest BCUT2D eigenvalue weighted by molar-refractivity contribution is 0.0953. The molecule has 7 nitrogen and oxygen atoms in total. The van der Waals surface area contributed by atoms with Crippen LogP contribution in [-0.4, -0.2) is 33.2 Å². The van der Waals surface area contributed by atoms with Gasteiger partial charge in [-0.05, 0) is 60.5 Å². The maximum absolute atomic E-state index is 12.6. The molecule has 3 aromatic rings. The Labute approximate surface area is 204 Å². The highest BCUT2D eigenvalue weighted by atomic mass is 35.5. The molecular formula is C26H29ClN2O5. The van der Waals surface area contributed by atoms with E-state index in [2.05, 4.69) is 5.32 Å². The van der Waals surface area contributed by atoms with Crippen LogP contribution in [0.2, 0.25) is 5.02 Å². The first-order valence-electron chi connectivity index (χ1n) is 10.9. The summed E-state index contributed by atoms with van der Waals surface area (Å²) in [6.45, 7) is 1.48. The maximum Gasteiger partial charge on any atom is 0.252 e. The van der Waals surface area contributed by atoms with E-state index >= 15 is 0 Å². The standard InChI is InChI=1S/C26H29ClN2O5/c1-31-20-8-4-18(5-9-20)16-33-23-13-12-22(26(30)29-15-3-14-28)24(27)25(23)34-17-19-6-10-21(32-2)11-7-19/h4-13H,3,14-17,28H2,1-2H3,(H,29,30). The Bertz CT molecular complexity index is 1070. The van der Waals surface area contributed by atoms with Crippen molar-refractivity contribution in [2.24, 2.45) is 5.73 Å². The second kappa shape index (κ2) is 12.7. The highest BCUT2D eigenvalue weighted by Crippen LogP contribution is 2.39. The molecule has 0 aliphatic heterocycles. The molecule has 3 rings (SSSR count). The van der Waals surface area contributed by atoms with Gasteiger partial charge in [-0.1, -0.05) is 35.9 Å². The Hall–Kier alpha value is -3.42. The number of nitrogens with one attached hydrogen (secondary N) is 1. The summed E-state index contributed by atoms with van der Waals surface area (Å²) < 4.78 is 22.5. The molecule has 0 saturated carbocycles. The van der Waals surface area contributed by atoms with E-state index in [0.717, 1.165) is 22.6 Å². The summed E-state index contributed by atoms with van der Waals surface area (Å²) in [6, 6.07) is 18.4. The molecule has 8 heteroatoms. The molecule has 0 unspecified atom stereocenters. The van der Waals surface area contributed by atoms with E-state index in [4.69, 9.17) is 36.3 Å². The molecule has 0 radical (unpaired) electrons. The lowest BCUT2D eigenvalue weighted by Crippen LogP contribution is -2.26. The average Bonchev–Trinajstić information content (AvgIpc) is 2.87. The van der Waals surface area contributed by atoms with Gasteiger partial charge in [-0.3, -0.25) is 4.79 Å². The zero-order valence-corrected chi connectivity index (χ0v) is 20.1. The summed E-state index contributed by atoms with van der Waals surface area (Å²) in [7, 11) is 3.23. The number of rotatable bonds is 12. The number of amides is 1. The molecule has 180 valence electrons. The second-order valence-corrected chi connectivity index (χ2v) is 7.80. The average molecular weight is 485 g/mol. The van der Waals surface area contributed by atoms with Crippen LogP contribution in [0, 0.1) is 0 Å². The highest BCUT2D eigenvalue weighted by Gasteiger charge is 2.19. The quantitative estimate of drug-likeness (QED) is 0.365. The first-order chi connectivity index (χ1) is 16.5. The van der Waals surface area contributed by atoms with Crippen molar-refractivity contribution < 1.29 is 23.7 Å². The van der Waals surface area contributed by atoms with Crippen LogP contribution in [0.4, 0.5) is 0 Å². The van der Waals surface area contributed by atoms with E-state index in [1.54, 1.807) is 26.4 Å². The molecule has 0 aliphatic carbocycles. The van der Waals surface area contributed by atoms with Gasteiger partial charge in [-0.25, -0.2) is 0 Å². The minimum absolute atomic E-state index is 0.186. The summed E-state index contributed by atoms with van der Waals surface area (Å²) in [4.78, 5) is 12.6. The van der Waals surface area contributed by atoms with Gasteiger partial charge in [0.1, 0.15) is 24.7 Å². The van der Waals surface area contributed by atoms with E-state index in [0.29, 0.717) is 43.2 Å². The van der Waals surface area contributed by atoms with Crippen LogP contribution >= 0.6 is 11.6 Å². The Morgan fingerprint density at radius 3 is 1.94 bits per heavy atom. The summed E-state index contributed by atoms with van der Waals surface area (Å²) in [5, 5.41) is 3.00. The molecule has 3 N–H and O–H groups in total. The van der Waals surface area contributed by atoms with Crippen molar-refractivity contribution in [2.75, 3.05) is 27.3 Å². The number of ether oxygens (including phenoxy) is 4. The van der Waals surface area contributed by atoms with Gasteiger partial charge in [-0.2, -0.15) is 0 Å². The van der Waals surface area contributed by atoms with Gasteiger partial charge < -0.3 is 30.0 Å². The molecule has 0 bridgehead atoms. The number of carbonyl (C=O) groups is 1. The minimum atomic E-state index is -0.297. The number of benzene rings is 3. The molecule has 0 heterocycles. The Morgan fingerprint density at radius 2 is 1.41 bits per heavy atom. The number of methoxy groups -OCH3 is 2. The van der Waals surface area contributed by atoms with Crippen LogP contribution in [0.3, 0.4) is 0 Å². The van der Waals surface area contributed by atoms with Crippen molar-refractivity contribution in [1.82, 2.24) is 5.32 Å². The Balaban J connectivity index is 1.81. The van der Waals surface area contributed by atoms with Crippen LogP contribution in [0.25, 0.3) is 0 Å². The lowest BCUT2D eigenvalue weighted by Gasteiger charge is -2.17. The van der Waals surface area contributed by atoms with E-state index in [9.17, 15) is 4.79 Å². The van der Waals surface area contributed by atoms with Crippen LogP contribution in [0.1, 0.15) is 27.9 Å². The molecule has 34 heavy (non-hydrogen) atoms. The first kappa shape index (κ1) is 25.2. The topological polar surface area (TPSA) is 92.0 Å². The largest absolute Gasteiger partial charge is 0.497 e. The monoisotopic (exact) mass is 484 g/mol. The first-order valence-corrected chi connectivity index (χ1v) is 11.3. The maximum atomic E-state index is 12.6. The van der Waals surface area contributed by atoms with Gasteiger partial charge in [0, 0.05) is 6.54 Å². The van der Waals surface area contributed by atoms with Crippen LogP contribution < -0.4 is 30.0 Å². The van der Waals surface area contributed by atoms with Crippen molar-refractivity contribution in [3.63, 3.8) is 0 Å². The number of carbonyl (C=O) groups excluding carboxylic acids is 1. The Kier molecular flexibility index (Phi) is 9.43. The van der Waals surface area contributed by atoms with Crippen molar-refractivity contribution in [3.8, 4) is 23.0 Å². The molecule has 0 spiro atoms. The van der Waals surface area contributed by atoms with Crippen LogP contribution in [0.15, 0.2) is 60.7 Å². The van der Waals surface area contributed by atoms with E-state index in [1.165, 1.54) is 0 Å². The summed E-state index contributed by atoms with van der Waals surface area (Å²) in [5.74, 6) is 1.96. The van der Waals surface area contributed by atoms with Crippen LogP contribution in [-0.2, 0) is 13.2 Å².